The van der Waals surface area contributed by atoms with Gasteiger partial charge in [0.1, 0.15) is 5.75 Å². The lowest BCUT2D eigenvalue weighted by Crippen LogP contribution is -2.27. The summed E-state index contributed by atoms with van der Waals surface area (Å²) in [7, 11) is 0. The van der Waals surface area contributed by atoms with Crippen LogP contribution < -0.4 is 9.47 Å². The van der Waals surface area contributed by atoms with E-state index in [9.17, 15) is 18.4 Å². The second-order valence-corrected chi connectivity index (χ2v) is 4.84. The number of alkyl halides is 3. The fraction of sp³-hybridized carbons (Fsp3) is 0.154. The number of benzene rings is 1. The molecule has 2 aromatic rings. The van der Waals surface area contributed by atoms with Crippen molar-refractivity contribution in [2.24, 2.45) is 0 Å². The number of nitrogens with zero attached hydrogens (tertiary/aromatic N) is 1. The average Bonchev–Trinajstić information content (AvgIpc) is 2.38. The highest BCUT2D eigenvalue weighted by Crippen LogP contribution is 2.25. The molecule has 0 saturated heterocycles. The molecule has 1 heterocycles. The Morgan fingerprint density at radius 3 is 2.40 bits per heavy atom. The minimum Gasteiger partial charge on any atom is -0.618 e. The second kappa shape index (κ2) is 6.04. The molecule has 0 N–H and O–H groups in total. The number of hydrogen-bond acceptors (Lipinski definition) is 3. The van der Waals surface area contributed by atoms with E-state index in [1.54, 1.807) is 18.2 Å². The molecule has 0 bridgehead atoms. The summed E-state index contributed by atoms with van der Waals surface area (Å²) in [5, 5.41) is 11.9. The van der Waals surface area contributed by atoms with Gasteiger partial charge in [0.05, 0.1) is 0 Å². The van der Waals surface area contributed by atoms with Crippen molar-refractivity contribution in [2.75, 3.05) is 0 Å². The molecule has 0 spiro atoms. The number of pyridine rings is 1. The highest BCUT2D eigenvalue weighted by Gasteiger charge is 2.30. The second-order valence-electron chi connectivity index (χ2n) is 3.85. The van der Waals surface area contributed by atoms with Crippen LogP contribution in [0, 0.1) is 5.21 Å². The Labute approximate surface area is 117 Å². The van der Waals surface area contributed by atoms with Gasteiger partial charge in [0.25, 0.3) is 5.03 Å². The molecule has 0 aliphatic carbocycles. The molecule has 0 radical (unpaired) electrons. The van der Waals surface area contributed by atoms with Gasteiger partial charge in [0.2, 0.25) is 0 Å². The van der Waals surface area contributed by atoms with Gasteiger partial charge >= 0.3 is 6.36 Å². The summed E-state index contributed by atoms with van der Waals surface area (Å²) in [6, 6.07) is 10.6. The minimum atomic E-state index is -4.69. The monoisotopic (exact) mass is 301 g/mol. The zero-order valence-corrected chi connectivity index (χ0v) is 10.9. The van der Waals surface area contributed by atoms with E-state index in [1.807, 2.05) is 0 Å². The van der Waals surface area contributed by atoms with Crippen molar-refractivity contribution >= 4 is 11.8 Å². The van der Waals surface area contributed by atoms with Crippen molar-refractivity contribution in [3.63, 3.8) is 0 Å². The van der Waals surface area contributed by atoms with E-state index in [0.29, 0.717) is 10.8 Å². The number of rotatable bonds is 4. The molecule has 0 atom stereocenters. The van der Waals surface area contributed by atoms with Crippen LogP contribution in [0.25, 0.3) is 0 Å². The molecule has 0 unspecified atom stereocenters. The first kappa shape index (κ1) is 14.5. The molecular weight excluding hydrogens is 291 g/mol. The van der Waals surface area contributed by atoms with Crippen LogP contribution in [-0.2, 0) is 5.75 Å². The molecule has 106 valence electrons. The summed E-state index contributed by atoms with van der Waals surface area (Å²) in [6.45, 7) is 0. The standard InChI is InChI=1S/C13H10F3NO2S/c14-13(15,16)19-11-6-4-10(5-7-11)9-20-12-3-1-2-8-17(12)18/h1-8H,9H2. The van der Waals surface area contributed by atoms with Gasteiger partial charge in [-0.3, -0.25) is 0 Å². The summed E-state index contributed by atoms with van der Waals surface area (Å²) in [5.41, 5.74) is 0.799. The van der Waals surface area contributed by atoms with E-state index in [1.165, 1.54) is 42.2 Å². The Morgan fingerprint density at radius 1 is 1.10 bits per heavy atom. The van der Waals surface area contributed by atoms with Gasteiger partial charge in [-0.05, 0) is 23.8 Å². The molecule has 2 rings (SSSR count). The minimum absolute atomic E-state index is 0.259. The maximum atomic E-state index is 12.0. The Bertz CT molecular complexity index is 573. The Morgan fingerprint density at radius 2 is 1.80 bits per heavy atom. The van der Waals surface area contributed by atoms with Gasteiger partial charge in [-0.25, -0.2) is 0 Å². The van der Waals surface area contributed by atoms with Crippen LogP contribution in [0.1, 0.15) is 5.56 Å². The van der Waals surface area contributed by atoms with Crippen molar-refractivity contribution < 1.29 is 22.6 Å². The number of aromatic nitrogens is 1. The maximum absolute atomic E-state index is 12.0. The fourth-order valence-corrected chi connectivity index (χ4v) is 2.34. The van der Waals surface area contributed by atoms with E-state index in [-0.39, 0.29) is 5.75 Å². The van der Waals surface area contributed by atoms with Crippen LogP contribution in [-0.4, -0.2) is 6.36 Å². The Balaban J connectivity index is 1.96. The SMILES string of the molecule is [O-][n+]1ccccc1SCc1ccc(OC(F)(F)F)cc1. The van der Waals surface area contributed by atoms with Crippen LogP contribution >= 0.6 is 11.8 Å². The van der Waals surface area contributed by atoms with Crippen molar-refractivity contribution in [3.05, 3.63) is 59.4 Å². The number of thioether (sulfide) groups is 1. The molecule has 3 nitrogen and oxygen atoms in total. The van der Waals surface area contributed by atoms with Gasteiger partial charge < -0.3 is 9.94 Å². The zero-order chi connectivity index (χ0) is 14.6. The number of hydrogen-bond donors (Lipinski definition) is 0. The lowest BCUT2D eigenvalue weighted by Gasteiger charge is -2.09. The van der Waals surface area contributed by atoms with Gasteiger partial charge in [0.15, 0.2) is 6.20 Å². The summed E-state index contributed by atoms with van der Waals surface area (Å²) in [4.78, 5) is 0. The van der Waals surface area contributed by atoms with E-state index >= 15 is 0 Å². The molecule has 1 aromatic carbocycles. The molecule has 0 saturated carbocycles. The average molecular weight is 301 g/mol. The predicted molar refractivity (Wildman–Crippen MR) is 68.1 cm³/mol. The van der Waals surface area contributed by atoms with Crippen molar-refractivity contribution in [2.45, 2.75) is 17.1 Å². The van der Waals surface area contributed by atoms with Gasteiger partial charge in [-0.1, -0.05) is 23.9 Å². The summed E-state index contributed by atoms with van der Waals surface area (Å²) in [6.07, 6.45) is -3.29. The van der Waals surface area contributed by atoms with Gasteiger partial charge in [0, 0.05) is 17.9 Å². The predicted octanol–water partition coefficient (Wildman–Crippen LogP) is 3.51. The summed E-state index contributed by atoms with van der Waals surface area (Å²) >= 11 is 1.31. The normalized spacial score (nSPS) is 11.3. The smallest absolute Gasteiger partial charge is 0.573 e. The number of ether oxygens (including phenoxy) is 1. The van der Waals surface area contributed by atoms with Gasteiger partial charge in [-0.2, -0.15) is 4.73 Å². The Hall–Kier alpha value is -1.89. The molecule has 0 fully saturated rings. The van der Waals surface area contributed by atoms with Gasteiger partial charge in [-0.15, -0.1) is 13.2 Å². The number of halogens is 3. The largest absolute Gasteiger partial charge is 0.618 e. The Kier molecular flexibility index (Phi) is 4.39. The lowest BCUT2D eigenvalue weighted by molar-refractivity contribution is -0.645. The molecule has 1 aromatic heterocycles. The van der Waals surface area contributed by atoms with Crippen LogP contribution in [0.3, 0.4) is 0 Å². The molecule has 0 amide bonds. The molecule has 20 heavy (non-hydrogen) atoms. The first-order valence-corrected chi connectivity index (χ1v) is 6.58. The lowest BCUT2D eigenvalue weighted by atomic mass is 10.2. The van der Waals surface area contributed by atoms with Crippen LogP contribution in [0.5, 0.6) is 5.75 Å². The van der Waals surface area contributed by atoms with Crippen LogP contribution in [0.4, 0.5) is 13.2 Å². The van der Waals surface area contributed by atoms with Crippen LogP contribution in [0.15, 0.2) is 53.7 Å². The van der Waals surface area contributed by atoms with Crippen molar-refractivity contribution in [1.82, 2.24) is 0 Å². The fourth-order valence-electron chi connectivity index (χ4n) is 1.47. The van der Waals surface area contributed by atoms with E-state index < -0.39 is 6.36 Å². The van der Waals surface area contributed by atoms with E-state index in [2.05, 4.69) is 4.74 Å². The highest BCUT2D eigenvalue weighted by atomic mass is 32.2. The first-order chi connectivity index (χ1) is 9.44. The maximum Gasteiger partial charge on any atom is 0.573 e. The first-order valence-electron chi connectivity index (χ1n) is 5.60. The summed E-state index contributed by atoms with van der Waals surface area (Å²) < 4.78 is 40.5. The van der Waals surface area contributed by atoms with E-state index in [4.69, 9.17) is 0 Å². The quantitative estimate of drug-likeness (QED) is 0.492. The van der Waals surface area contributed by atoms with Crippen molar-refractivity contribution in [3.8, 4) is 5.75 Å². The van der Waals surface area contributed by atoms with Crippen LogP contribution in [0.2, 0.25) is 0 Å². The summed E-state index contributed by atoms with van der Waals surface area (Å²) in [5.74, 6) is 0.225. The third-order valence-corrected chi connectivity index (χ3v) is 3.42. The molecular formula is C13H10F3NO2S. The highest BCUT2D eigenvalue weighted by molar-refractivity contribution is 7.98. The third-order valence-electron chi connectivity index (χ3n) is 2.33. The van der Waals surface area contributed by atoms with E-state index in [0.717, 1.165) is 10.3 Å². The molecule has 0 aliphatic rings. The topological polar surface area (TPSA) is 36.2 Å². The molecule has 0 aliphatic heterocycles. The third kappa shape index (κ3) is 4.34. The molecule has 7 heteroatoms. The van der Waals surface area contributed by atoms with Crippen molar-refractivity contribution in [1.29, 1.82) is 0 Å². The zero-order valence-electron chi connectivity index (χ0n) is 10.1.